The molecule has 3 aromatic carbocycles. The molecule has 0 atom stereocenters. The van der Waals surface area contributed by atoms with E-state index in [1.165, 1.54) is 6.08 Å². The van der Waals surface area contributed by atoms with Gasteiger partial charge in [-0.15, -0.1) is 0 Å². The number of hydrogen-bond donors (Lipinski definition) is 2. The first-order chi connectivity index (χ1) is 18.1. The zero-order valence-electron chi connectivity index (χ0n) is 20.5. The first-order valence-corrected chi connectivity index (χ1v) is 12.3. The van der Waals surface area contributed by atoms with Crippen LogP contribution >= 0.6 is 0 Å². The molecule has 188 valence electrons. The lowest BCUT2D eigenvalue weighted by Crippen LogP contribution is -2.47. The molecular weight excluding hydrogens is 467 g/mol. The van der Waals surface area contributed by atoms with Crippen LogP contribution in [0.1, 0.15) is 0 Å². The van der Waals surface area contributed by atoms with Gasteiger partial charge in [-0.25, -0.2) is 14.4 Å². The quantitative estimate of drug-likeness (QED) is 0.325. The molecule has 0 radical (unpaired) electrons. The van der Waals surface area contributed by atoms with Gasteiger partial charge in [-0.05, 0) is 48.0 Å². The van der Waals surface area contributed by atoms with E-state index in [1.54, 1.807) is 0 Å². The number of hydrogen-bond acceptors (Lipinski definition) is 6. The number of aromatic nitrogens is 2. The topological polar surface area (TPSA) is 73.4 Å². The monoisotopic (exact) mass is 496 g/mol. The Morgan fingerprint density at radius 1 is 1.00 bits per heavy atom. The molecule has 1 aliphatic heterocycles. The third-order valence-electron chi connectivity index (χ3n) is 6.50. The van der Waals surface area contributed by atoms with E-state index in [-0.39, 0.29) is 12.6 Å². The van der Waals surface area contributed by atoms with E-state index in [4.69, 9.17) is 4.98 Å². The van der Waals surface area contributed by atoms with Crippen molar-refractivity contribution in [3.8, 4) is 11.1 Å². The summed E-state index contributed by atoms with van der Waals surface area (Å²) in [5, 5.41) is 7.04. The molecule has 4 aromatic rings. The fourth-order valence-electron chi connectivity index (χ4n) is 4.54. The predicted molar refractivity (Wildman–Crippen MR) is 148 cm³/mol. The number of halogens is 1. The number of para-hydroxylation sites is 1. The number of carbonyl (C=O) groups is 1. The second-order valence-corrected chi connectivity index (χ2v) is 8.90. The van der Waals surface area contributed by atoms with Gasteiger partial charge in [0.15, 0.2) is 0 Å². The van der Waals surface area contributed by atoms with Crippen LogP contribution in [0.4, 0.5) is 27.4 Å². The minimum absolute atomic E-state index is 0.256. The van der Waals surface area contributed by atoms with Crippen LogP contribution in [-0.2, 0) is 4.79 Å². The highest BCUT2D eigenvalue weighted by atomic mass is 19.1. The molecule has 1 fully saturated rings. The number of alkyl halides is 1. The number of amides is 1. The molecule has 2 N–H and O–H groups in total. The molecule has 1 amide bonds. The summed E-state index contributed by atoms with van der Waals surface area (Å²) >= 11 is 0. The van der Waals surface area contributed by atoms with Crippen molar-refractivity contribution in [2.75, 3.05) is 54.9 Å². The van der Waals surface area contributed by atoms with Gasteiger partial charge in [0.2, 0.25) is 11.9 Å². The van der Waals surface area contributed by atoms with Crippen LogP contribution in [0.25, 0.3) is 22.0 Å². The summed E-state index contributed by atoms with van der Waals surface area (Å²) in [4.78, 5) is 25.5. The van der Waals surface area contributed by atoms with Crippen molar-refractivity contribution in [3.05, 3.63) is 85.6 Å². The Labute approximate surface area is 215 Å². The van der Waals surface area contributed by atoms with Gasteiger partial charge in [0.1, 0.15) is 6.67 Å². The Kier molecular flexibility index (Phi) is 7.37. The Morgan fingerprint density at radius 3 is 2.54 bits per heavy atom. The molecule has 0 spiro atoms. The number of nitrogens with one attached hydrogen (secondary N) is 2. The Morgan fingerprint density at radius 2 is 1.78 bits per heavy atom. The minimum atomic E-state index is -0.293. The van der Waals surface area contributed by atoms with E-state index >= 15 is 0 Å². The zero-order valence-corrected chi connectivity index (χ0v) is 20.5. The van der Waals surface area contributed by atoms with Crippen LogP contribution in [0, 0.1) is 0 Å². The first-order valence-electron chi connectivity index (χ1n) is 12.3. The van der Waals surface area contributed by atoms with Crippen molar-refractivity contribution in [1.82, 2.24) is 14.9 Å². The lowest BCUT2D eigenvalue weighted by molar-refractivity contribution is -0.111. The maximum absolute atomic E-state index is 12.6. The van der Waals surface area contributed by atoms with Crippen molar-refractivity contribution >= 4 is 39.8 Å². The van der Waals surface area contributed by atoms with Gasteiger partial charge in [0, 0.05) is 66.9 Å². The molecule has 8 heteroatoms. The van der Waals surface area contributed by atoms with Gasteiger partial charge < -0.3 is 15.5 Å². The summed E-state index contributed by atoms with van der Waals surface area (Å²) in [5.74, 6) is 0.248. The van der Waals surface area contributed by atoms with Crippen LogP contribution in [-0.4, -0.2) is 60.2 Å². The third-order valence-corrected chi connectivity index (χ3v) is 6.50. The molecule has 1 aliphatic rings. The summed E-state index contributed by atoms with van der Waals surface area (Å²) in [7, 11) is 0. The second-order valence-electron chi connectivity index (χ2n) is 8.90. The van der Waals surface area contributed by atoms with Gasteiger partial charge in [-0.1, -0.05) is 36.9 Å². The van der Waals surface area contributed by atoms with Crippen molar-refractivity contribution in [2.45, 2.75) is 0 Å². The number of nitrogens with zero attached hydrogens (tertiary/aromatic N) is 4. The van der Waals surface area contributed by atoms with Gasteiger partial charge in [-0.3, -0.25) is 9.69 Å². The number of anilines is 4. The van der Waals surface area contributed by atoms with E-state index < -0.39 is 0 Å². The average molecular weight is 497 g/mol. The lowest BCUT2D eigenvalue weighted by Gasteiger charge is -2.35. The van der Waals surface area contributed by atoms with Crippen LogP contribution in [0.3, 0.4) is 0 Å². The van der Waals surface area contributed by atoms with E-state index in [0.29, 0.717) is 18.2 Å². The van der Waals surface area contributed by atoms with E-state index in [9.17, 15) is 9.18 Å². The first kappa shape index (κ1) is 24.4. The molecule has 1 saturated heterocycles. The van der Waals surface area contributed by atoms with E-state index in [1.807, 2.05) is 60.8 Å². The summed E-state index contributed by atoms with van der Waals surface area (Å²) in [5.41, 5.74) is 5.43. The summed E-state index contributed by atoms with van der Waals surface area (Å²) in [6.45, 7) is 7.26. The highest BCUT2D eigenvalue weighted by molar-refractivity contribution is 6.00. The number of piperazine rings is 1. The molecule has 37 heavy (non-hydrogen) atoms. The molecule has 0 saturated carbocycles. The van der Waals surface area contributed by atoms with Gasteiger partial charge in [0.25, 0.3) is 0 Å². The number of rotatable bonds is 8. The average Bonchev–Trinajstić information content (AvgIpc) is 2.94. The lowest BCUT2D eigenvalue weighted by atomic mass is 10.0. The molecule has 2 heterocycles. The highest BCUT2D eigenvalue weighted by Gasteiger charge is 2.17. The Bertz CT molecular complexity index is 1400. The Hall–Kier alpha value is -4.30. The smallest absolute Gasteiger partial charge is 0.247 e. The summed E-state index contributed by atoms with van der Waals surface area (Å²) in [6.07, 6.45) is 3.06. The molecule has 0 bridgehead atoms. The van der Waals surface area contributed by atoms with Crippen molar-refractivity contribution in [3.63, 3.8) is 0 Å². The Balaban J connectivity index is 1.34. The van der Waals surface area contributed by atoms with Gasteiger partial charge in [0.05, 0.1) is 5.52 Å². The van der Waals surface area contributed by atoms with E-state index in [0.717, 1.165) is 59.6 Å². The van der Waals surface area contributed by atoms with Crippen molar-refractivity contribution < 1.29 is 9.18 Å². The summed E-state index contributed by atoms with van der Waals surface area (Å²) in [6, 6.07) is 21.8. The molecule has 1 aromatic heterocycles. The molecule has 5 rings (SSSR count). The second kappa shape index (κ2) is 11.2. The maximum atomic E-state index is 12.6. The van der Waals surface area contributed by atoms with Gasteiger partial charge in [-0.2, -0.15) is 0 Å². The highest BCUT2D eigenvalue weighted by Crippen LogP contribution is 2.30. The van der Waals surface area contributed by atoms with Crippen LogP contribution in [0.5, 0.6) is 0 Å². The van der Waals surface area contributed by atoms with Crippen LogP contribution in [0.15, 0.2) is 85.6 Å². The zero-order chi connectivity index (χ0) is 25.6. The molecule has 7 nitrogen and oxygen atoms in total. The molecule has 0 unspecified atom stereocenters. The largest absolute Gasteiger partial charge is 0.369 e. The summed E-state index contributed by atoms with van der Waals surface area (Å²) < 4.78 is 12.6. The fraction of sp³-hybridized carbons (Fsp3) is 0.207. The number of fused-ring (bicyclic) bond motifs is 1. The maximum Gasteiger partial charge on any atom is 0.247 e. The predicted octanol–water partition coefficient (Wildman–Crippen LogP) is 5.26. The fourth-order valence-corrected chi connectivity index (χ4v) is 4.54. The van der Waals surface area contributed by atoms with E-state index in [2.05, 4.69) is 44.1 Å². The number of benzene rings is 3. The SMILES string of the molecule is C=CC(=O)Nc1cccc(-c2cccc3cnc(Nc4ccc(N5CCN(CCF)CC5)cc4)nc23)c1. The van der Waals surface area contributed by atoms with Crippen LogP contribution < -0.4 is 15.5 Å². The molecule has 0 aliphatic carbocycles. The van der Waals surface area contributed by atoms with Gasteiger partial charge >= 0.3 is 0 Å². The minimum Gasteiger partial charge on any atom is -0.369 e. The standard InChI is InChI=1S/C29H29FN6O/c1-2-27(37)32-24-7-3-5-21(19-24)26-8-4-6-22-20-31-29(34-28(22)26)33-23-9-11-25(12-10-23)36-17-15-35(14-13-30)16-18-36/h2-12,19-20H,1,13-18H2,(H,32,37)(H,31,33,34). The molecular formula is C29H29FN6O. The van der Waals surface area contributed by atoms with Crippen molar-refractivity contribution in [2.24, 2.45) is 0 Å². The third kappa shape index (κ3) is 5.76. The number of carbonyl (C=O) groups excluding carboxylic acids is 1. The normalized spacial score (nSPS) is 13.9. The van der Waals surface area contributed by atoms with Crippen molar-refractivity contribution in [1.29, 1.82) is 0 Å². The van der Waals surface area contributed by atoms with Crippen LogP contribution in [0.2, 0.25) is 0 Å².